The first-order valence-corrected chi connectivity index (χ1v) is 29.9. The molecule has 19 heteroatoms. The van der Waals surface area contributed by atoms with Gasteiger partial charge in [0.15, 0.2) is 17.7 Å². The minimum Gasteiger partial charge on any atom is -0.464 e. The van der Waals surface area contributed by atoms with Crippen LogP contribution in [0.4, 0.5) is 5.69 Å². The molecule has 2 bridgehead atoms. The number of aliphatic hydroxyl groups excluding tert-OH is 2. The molecule has 82 heavy (non-hydrogen) atoms. The summed E-state index contributed by atoms with van der Waals surface area (Å²) >= 11 is 0. The van der Waals surface area contributed by atoms with Crippen LogP contribution in [0.2, 0.25) is 0 Å². The number of benzene rings is 2. The Morgan fingerprint density at radius 2 is 1.71 bits per heavy atom. The smallest absolute Gasteiger partial charge is 0.373 e. The molecule has 1 aromatic heterocycles. The van der Waals surface area contributed by atoms with Gasteiger partial charge in [-0.05, 0) is 138 Å². The Hall–Kier alpha value is -5.34. The first kappa shape index (κ1) is 62.7. The molecule has 5 aliphatic heterocycles. The lowest BCUT2D eigenvalue weighted by molar-refractivity contribution is -0.202. The zero-order valence-corrected chi connectivity index (χ0v) is 49.4. The van der Waals surface area contributed by atoms with E-state index >= 15 is 4.79 Å². The molecule has 1 saturated carbocycles. The van der Waals surface area contributed by atoms with Crippen LogP contribution in [0.5, 0.6) is 0 Å². The molecule has 6 heterocycles. The number of para-hydroxylation sites is 1. The van der Waals surface area contributed by atoms with Crippen molar-refractivity contribution in [1.82, 2.24) is 20.1 Å². The summed E-state index contributed by atoms with van der Waals surface area (Å²) in [6, 6.07) is 11.4. The molecule has 3 aromatic rings. The van der Waals surface area contributed by atoms with E-state index in [9.17, 15) is 34.8 Å². The third-order valence-electron chi connectivity index (χ3n) is 19.7. The average molecular weight is 1140 g/mol. The highest BCUT2D eigenvalue weighted by atomic mass is 16.7. The van der Waals surface area contributed by atoms with Gasteiger partial charge in [0.05, 0.1) is 31.0 Å². The van der Waals surface area contributed by atoms with Crippen molar-refractivity contribution in [3.63, 3.8) is 0 Å². The number of carbonyl (C=O) groups excluding carboxylic acids is 6. The topological polar surface area (TPSA) is 258 Å². The lowest BCUT2D eigenvalue weighted by Crippen LogP contribution is -2.80. The number of fused-ring (bicyclic) bond motifs is 6. The van der Waals surface area contributed by atoms with Crippen LogP contribution in [0.1, 0.15) is 146 Å². The average Bonchev–Trinajstić information content (AvgIpc) is 3.72. The first-order valence-electron chi connectivity index (χ1n) is 29.9. The molecule has 13 atom stereocenters. The molecule has 2 aromatic carbocycles. The van der Waals surface area contributed by atoms with Crippen molar-refractivity contribution in [3.05, 3.63) is 76.5 Å². The summed E-state index contributed by atoms with van der Waals surface area (Å²) in [5.41, 5.74) is 3.10. The Morgan fingerprint density at radius 3 is 2.41 bits per heavy atom. The Morgan fingerprint density at radius 1 is 0.951 bits per heavy atom. The Labute approximate surface area is 482 Å². The number of nitrogens with one attached hydrogen (secondary N) is 2. The maximum Gasteiger partial charge on any atom is 0.373 e. The normalized spacial score (nSPS) is 31.0. The number of hydrogen-bond donors (Lipinski definition) is 6. The van der Waals surface area contributed by atoms with E-state index in [4.69, 9.17) is 28.5 Å². The second kappa shape index (κ2) is 25.9. The molecule has 19 nitrogen and oxygen atoms in total. The van der Waals surface area contributed by atoms with Gasteiger partial charge >= 0.3 is 18.1 Å². The number of aliphatic hydroxyl groups is 4. The second-order valence-corrected chi connectivity index (χ2v) is 24.5. The summed E-state index contributed by atoms with van der Waals surface area (Å²) in [4.78, 5) is 80.6. The number of carbonyl (C=O) groups is 4. The highest BCUT2D eigenvalue weighted by molar-refractivity contribution is 5.92. The van der Waals surface area contributed by atoms with Gasteiger partial charge in [-0.3, -0.25) is 24.2 Å². The molecule has 1 aliphatic carbocycles. The largest absolute Gasteiger partial charge is 0.464 e. The molecule has 9 rings (SSSR count). The molecule has 3 fully saturated rings. The number of piperidine rings is 1. The summed E-state index contributed by atoms with van der Waals surface area (Å²) in [6.45, 7) is 15.8. The van der Waals surface area contributed by atoms with Crippen molar-refractivity contribution in [3.8, 4) is 0 Å². The van der Waals surface area contributed by atoms with Gasteiger partial charge in [-0.2, -0.15) is 9.59 Å². The van der Waals surface area contributed by atoms with Crippen LogP contribution in [-0.4, -0.2) is 180 Å². The van der Waals surface area contributed by atoms with Crippen molar-refractivity contribution < 1.29 is 68.1 Å². The number of unbranched alkanes of at least 4 members (excludes halogenated alkanes) is 1. The molecular weight excluding hydrogens is 1050 g/mol. The lowest BCUT2D eigenvalue weighted by atomic mass is 9.47. The van der Waals surface area contributed by atoms with Gasteiger partial charge in [-0.1, -0.05) is 57.2 Å². The SMILES string of the molecule is CCC(CO)OC(COC(=O)CCCC(=O)NC(C)C(=O)OCCCCC(=O)[C@]1(O)C2N(C)c3cc(C)c([C@@]4(C)CCC5CN(CCc6c4[nH]c4ccccc64)CC(O)(CC)C5)cc3C23CCN2CC=C[C@](CC)(C23)[C@H]1O)OC.O=C=O. The second-order valence-electron chi connectivity index (χ2n) is 24.5. The fourth-order valence-corrected chi connectivity index (χ4v) is 15.6. The van der Waals surface area contributed by atoms with E-state index in [0.29, 0.717) is 51.1 Å². The predicted octanol–water partition coefficient (Wildman–Crippen LogP) is 5.46. The van der Waals surface area contributed by atoms with Crippen LogP contribution >= 0.6 is 0 Å². The maximum atomic E-state index is 15.2. The Kier molecular flexibility index (Phi) is 19.8. The van der Waals surface area contributed by atoms with E-state index in [1.807, 2.05) is 14.0 Å². The van der Waals surface area contributed by atoms with E-state index in [-0.39, 0.29) is 57.7 Å². The summed E-state index contributed by atoms with van der Waals surface area (Å²) in [5.74, 6) is -1.72. The molecule has 450 valence electrons. The number of hydrogen-bond acceptors (Lipinski definition) is 17. The van der Waals surface area contributed by atoms with Crippen molar-refractivity contribution in [1.29, 1.82) is 0 Å². The first-order chi connectivity index (χ1) is 39.2. The fraction of sp³-hybridized carbons (Fsp3) is 0.667. The number of esters is 2. The number of ether oxygens (including phenoxy) is 4. The maximum absolute atomic E-state index is 15.2. The number of Topliss-reactive ketones (excluding diaryl/α,β-unsaturated/α-hetero) is 1. The highest BCUT2D eigenvalue weighted by Crippen LogP contribution is 2.67. The number of amides is 1. The highest BCUT2D eigenvalue weighted by Gasteiger charge is 2.78. The summed E-state index contributed by atoms with van der Waals surface area (Å²) < 4.78 is 21.5. The molecule has 1 amide bonds. The van der Waals surface area contributed by atoms with Crippen molar-refractivity contribution in [2.75, 3.05) is 71.6 Å². The number of aromatic nitrogens is 1. The van der Waals surface area contributed by atoms with Crippen LogP contribution in [0, 0.1) is 18.3 Å². The van der Waals surface area contributed by atoms with Gasteiger partial charge in [-0.25, -0.2) is 4.79 Å². The number of aryl methyl sites for hydroxylation is 1. The van der Waals surface area contributed by atoms with E-state index in [1.54, 1.807) is 0 Å². The zero-order chi connectivity index (χ0) is 59.4. The standard InChI is InChI=1S/C62H89N5O12.CO2/c1-9-42(36-68)79-52(76-8)37-78-51(71)22-16-21-50(70)63-40(5)54(72)77-31-15-14-20-49(69)62(75)56-61(27-30-67-28-17-25-60(11-3,55(61)67)57(62)73)46-33-45(39(4)32-48(46)65(56)7)58(6)26-23-41-34-59(74,10-2)38-66(35-41)29-24-44-43-18-12-13-19-47(43)64-53(44)58;2-1-3/h12-13,17-19,25,32-33,40-42,52,55-57,64,68,73-75H,9-11,14-16,20-24,26-31,34-38H2,1-8H3,(H,63,70);/t40?,41?,42?,52?,55?,56?,57-,58-,59?,60-,61?,62+;/m1./s1. The van der Waals surface area contributed by atoms with Crippen LogP contribution in [0.25, 0.3) is 10.9 Å². The number of aromatic amines is 1. The minimum atomic E-state index is -2.16. The third-order valence-corrected chi connectivity index (χ3v) is 19.7. The molecule has 6 aliphatic rings. The molecule has 0 radical (unpaired) electrons. The summed E-state index contributed by atoms with van der Waals surface area (Å²) in [7, 11) is 3.40. The number of H-pyrrole nitrogens is 1. The van der Waals surface area contributed by atoms with Gasteiger partial charge in [0.25, 0.3) is 0 Å². The molecule has 9 unspecified atom stereocenters. The van der Waals surface area contributed by atoms with Crippen molar-refractivity contribution in [2.24, 2.45) is 11.3 Å². The predicted molar refractivity (Wildman–Crippen MR) is 306 cm³/mol. The van der Waals surface area contributed by atoms with Crippen LogP contribution in [0.15, 0.2) is 48.6 Å². The van der Waals surface area contributed by atoms with E-state index < -0.39 is 81.7 Å². The Bertz CT molecular complexity index is 2850. The van der Waals surface area contributed by atoms with Gasteiger partial charge < -0.3 is 54.6 Å². The quantitative estimate of drug-likeness (QED) is 0.0316. The van der Waals surface area contributed by atoms with Crippen molar-refractivity contribution in [2.45, 2.75) is 190 Å². The van der Waals surface area contributed by atoms with Crippen LogP contribution in [0.3, 0.4) is 0 Å². The number of anilines is 1. The van der Waals surface area contributed by atoms with E-state index in [2.05, 4.69) is 101 Å². The summed E-state index contributed by atoms with van der Waals surface area (Å²) in [5, 5.41) is 51.6. The fourth-order valence-electron chi connectivity index (χ4n) is 15.6. The van der Waals surface area contributed by atoms with Gasteiger partial charge in [-0.15, -0.1) is 0 Å². The van der Waals surface area contributed by atoms with Crippen LogP contribution in [-0.2, 0) is 65.0 Å². The third kappa shape index (κ3) is 11.6. The molecule has 1 spiro atoms. The van der Waals surface area contributed by atoms with Crippen LogP contribution < -0.4 is 10.2 Å². The van der Waals surface area contributed by atoms with E-state index in [0.717, 1.165) is 74.1 Å². The monoisotopic (exact) mass is 1140 g/mol. The molecule has 2 saturated heterocycles. The number of nitrogens with zero attached hydrogens (tertiary/aromatic N) is 3. The van der Waals surface area contributed by atoms with Crippen molar-refractivity contribution >= 4 is 46.4 Å². The lowest BCUT2D eigenvalue weighted by Gasteiger charge is -2.63. The summed E-state index contributed by atoms with van der Waals surface area (Å²) in [6.07, 6.45) is 8.37. The van der Waals surface area contributed by atoms with Gasteiger partial charge in [0.1, 0.15) is 18.8 Å². The van der Waals surface area contributed by atoms with Gasteiger partial charge in [0.2, 0.25) is 5.91 Å². The van der Waals surface area contributed by atoms with E-state index in [1.165, 1.54) is 36.2 Å². The van der Waals surface area contributed by atoms with Gasteiger partial charge in [0, 0.05) is 104 Å². The number of methoxy groups -OCH3 is 1. The number of rotatable bonds is 22. The zero-order valence-electron chi connectivity index (χ0n) is 49.4. The minimum absolute atomic E-state index is 0.0165. The molecule has 6 N–H and O–H groups in total. The Balaban J connectivity index is 0.00000287. The molecular formula is C63H89N5O14. The number of likely N-dealkylation sites (N-methyl/N-ethyl adjacent to an activating group) is 1. The number of ketones is 1.